The summed E-state index contributed by atoms with van der Waals surface area (Å²) in [6, 6.07) is 20.7. The van der Waals surface area contributed by atoms with Crippen molar-refractivity contribution in [3.63, 3.8) is 0 Å². The van der Waals surface area contributed by atoms with Crippen molar-refractivity contribution in [2.24, 2.45) is 0 Å². The first kappa shape index (κ1) is 20.4. The number of aliphatic hydroxyl groups is 1. The molecule has 2 aromatic carbocycles. The largest absolute Gasteiger partial charge is 0.385 e. The number of nitrogens with one attached hydrogen (secondary N) is 2. The normalized spacial score (nSPS) is 12.2. The van der Waals surface area contributed by atoms with Crippen LogP contribution in [0.4, 0.5) is 0 Å². The van der Waals surface area contributed by atoms with Crippen molar-refractivity contribution in [3.05, 3.63) is 78.9 Å². The zero-order chi connectivity index (χ0) is 20.6. The van der Waals surface area contributed by atoms with Crippen LogP contribution < -0.4 is 0 Å². The van der Waals surface area contributed by atoms with Crippen LogP contribution in [0.1, 0.15) is 37.6 Å². The molecule has 0 amide bonds. The molecule has 0 saturated carbocycles. The average Bonchev–Trinajstić information content (AvgIpc) is 3.48. The van der Waals surface area contributed by atoms with Gasteiger partial charge in [-0.25, -0.2) is 9.97 Å². The van der Waals surface area contributed by atoms with Crippen molar-refractivity contribution >= 4 is 11.8 Å². The Morgan fingerprint density at radius 1 is 0.900 bits per heavy atom. The average molecular weight is 419 g/mol. The Labute approximate surface area is 181 Å². The summed E-state index contributed by atoms with van der Waals surface area (Å²) in [4.78, 5) is 15.5. The molecule has 1 atom stereocenters. The van der Waals surface area contributed by atoms with Gasteiger partial charge >= 0.3 is 0 Å². The quantitative estimate of drug-likeness (QED) is 0.223. The zero-order valence-corrected chi connectivity index (χ0v) is 17.6. The fourth-order valence-electron chi connectivity index (χ4n) is 3.42. The third-order valence-corrected chi connectivity index (χ3v) is 5.95. The van der Waals surface area contributed by atoms with Crippen LogP contribution in [-0.2, 0) is 0 Å². The third-order valence-electron chi connectivity index (χ3n) is 4.99. The summed E-state index contributed by atoms with van der Waals surface area (Å²) in [5.74, 6) is 1.65. The molecule has 0 aliphatic heterocycles. The summed E-state index contributed by atoms with van der Waals surface area (Å²) in [6.07, 6.45) is 6.78. The van der Waals surface area contributed by atoms with E-state index in [1.165, 1.54) is 0 Å². The second-order valence-electron chi connectivity index (χ2n) is 7.19. The minimum atomic E-state index is -0.500. The molecule has 0 aliphatic carbocycles. The van der Waals surface area contributed by atoms with Gasteiger partial charge in [-0.1, -0.05) is 85.3 Å². The number of benzene rings is 2. The lowest BCUT2D eigenvalue weighted by Gasteiger charge is -2.07. The molecular formula is C24H26N4OS. The van der Waals surface area contributed by atoms with Crippen molar-refractivity contribution in [2.45, 2.75) is 36.9 Å². The number of unbranched alkanes of at least 4 members (excludes halogenated alkanes) is 2. The highest BCUT2D eigenvalue weighted by Gasteiger charge is 2.14. The van der Waals surface area contributed by atoms with E-state index in [2.05, 4.69) is 51.4 Å². The van der Waals surface area contributed by atoms with Gasteiger partial charge in [-0.2, -0.15) is 0 Å². The van der Waals surface area contributed by atoms with Gasteiger partial charge in [0.15, 0.2) is 5.16 Å². The standard InChI is InChI=1S/C24H26N4OS/c29-20(23-25-15-16-26-23)14-8-3-9-17-30-24-27-21(18-10-4-1-5-11-18)22(28-24)19-12-6-2-7-13-19/h1-2,4-7,10-13,15-16,20,29H,3,8-9,14,17H2,(H,25,26)(H,27,28). The molecule has 5 nitrogen and oxygen atoms in total. The fourth-order valence-corrected chi connectivity index (χ4v) is 4.29. The second kappa shape index (κ2) is 10.3. The van der Waals surface area contributed by atoms with Gasteiger partial charge in [0, 0.05) is 29.3 Å². The Bertz CT molecular complexity index is 959. The Morgan fingerprint density at radius 3 is 2.33 bits per heavy atom. The number of rotatable bonds is 10. The second-order valence-corrected chi connectivity index (χ2v) is 8.27. The number of imidazole rings is 2. The molecule has 1 unspecified atom stereocenters. The van der Waals surface area contributed by atoms with Crippen molar-refractivity contribution < 1.29 is 5.11 Å². The van der Waals surface area contributed by atoms with Crippen molar-refractivity contribution in [1.29, 1.82) is 0 Å². The maximum absolute atomic E-state index is 10.1. The van der Waals surface area contributed by atoms with Crippen molar-refractivity contribution in [1.82, 2.24) is 19.9 Å². The van der Waals surface area contributed by atoms with E-state index in [0.717, 1.165) is 59.1 Å². The Kier molecular flexibility index (Phi) is 7.00. The highest BCUT2D eigenvalue weighted by atomic mass is 32.2. The molecule has 0 saturated heterocycles. The maximum atomic E-state index is 10.1. The van der Waals surface area contributed by atoms with Gasteiger partial charge < -0.3 is 15.1 Å². The lowest BCUT2D eigenvalue weighted by molar-refractivity contribution is 0.155. The van der Waals surface area contributed by atoms with Crippen LogP contribution in [0.3, 0.4) is 0 Å². The topological polar surface area (TPSA) is 77.6 Å². The Balaban J connectivity index is 1.34. The van der Waals surface area contributed by atoms with Gasteiger partial charge in [-0.15, -0.1) is 0 Å². The number of hydrogen-bond acceptors (Lipinski definition) is 4. The molecular weight excluding hydrogens is 392 g/mol. The van der Waals surface area contributed by atoms with Gasteiger partial charge in [0.25, 0.3) is 0 Å². The van der Waals surface area contributed by atoms with Gasteiger partial charge in [-0.05, 0) is 12.8 Å². The summed E-state index contributed by atoms with van der Waals surface area (Å²) in [6.45, 7) is 0. The van der Waals surface area contributed by atoms with Crippen LogP contribution >= 0.6 is 11.8 Å². The van der Waals surface area contributed by atoms with Gasteiger partial charge in [0.2, 0.25) is 0 Å². The predicted octanol–water partition coefficient (Wildman–Crippen LogP) is 5.85. The monoisotopic (exact) mass is 418 g/mol. The number of aliphatic hydroxyl groups excluding tert-OH is 1. The van der Waals surface area contributed by atoms with E-state index in [9.17, 15) is 5.11 Å². The minimum absolute atomic E-state index is 0.500. The number of thioether (sulfide) groups is 1. The van der Waals surface area contributed by atoms with E-state index in [1.807, 2.05) is 24.3 Å². The summed E-state index contributed by atoms with van der Waals surface area (Å²) < 4.78 is 0. The summed E-state index contributed by atoms with van der Waals surface area (Å²) >= 11 is 1.75. The SMILES string of the molecule is OC(CCCCCSc1nc(-c2ccccc2)c(-c2ccccc2)[nH]1)c1ncc[nH]1. The molecule has 3 N–H and O–H groups in total. The third kappa shape index (κ3) is 5.20. The highest BCUT2D eigenvalue weighted by molar-refractivity contribution is 7.99. The van der Waals surface area contributed by atoms with Crippen LogP contribution in [0.2, 0.25) is 0 Å². The smallest absolute Gasteiger partial charge is 0.166 e. The number of hydrogen-bond donors (Lipinski definition) is 3. The molecule has 0 radical (unpaired) electrons. The summed E-state index contributed by atoms with van der Waals surface area (Å²) in [5.41, 5.74) is 4.31. The molecule has 0 bridgehead atoms. The number of nitrogens with zero attached hydrogens (tertiary/aromatic N) is 2. The summed E-state index contributed by atoms with van der Waals surface area (Å²) in [7, 11) is 0. The van der Waals surface area contributed by atoms with E-state index in [4.69, 9.17) is 4.98 Å². The first-order chi connectivity index (χ1) is 14.8. The lowest BCUT2D eigenvalue weighted by Crippen LogP contribution is -1.99. The van der Waals surface area contributed by atoms with Crippen LogP contribution in [0.25, 0.3) is 22.5 Å². The zero-order valence-electron chi connectivity index (χ0n) is 16.8. The lowest BCUT2D eigenvalue weighted by atomic mass is 10.1. The minimum Gasteiger partial charge on any atom is -0.385 e. The first-order valence-electron chi connectivity index (χ1n) is 10.3. The molecule has 4 rings (SSSR count). The van der Waals surface area contributed by atoms with E-state index in [1.54, 1.807) is 24.2 Å². The van der Waals surface area contributed by atoms with Gasteiger partial charge in [-0.3, -0.25) is 0 Å². The molecule has 0 spiro atoms. The number of aromatic nitrogens is 4. The molecule has 0 aliphatic rings. The van der Waals surface area contributed by atoms with Crippen LogP contribution in [0, 0.1) is 0 Å². The van der Waals surface area contributed by atoms with Crippen LogP contribution in [0.5, 0.6) is 0 Å². The van der Waals surface area contributed by atoms with Crippen molar-refractivity contribution in [3.8, 4) is 22.5 Å². The maximum Gasteiger partial charge on any atom is 0.166 e. The van der Waals surface area contributed by atoms with E-state index in [-0.39, 0.29) is 0 Å². The van der Waals surface area contributed by atoms with Gasteiger partial charge in [0.05, 0.1) is 11.4 Å². The van der Waals surface area contributed by atoms with Crippen molar-refractivity contribution in [2.75, 3.05) is 5.75 Å². The molecule has 30 heavy (non-hydrogen) atoms. The summed E-state index contributed by atoms with van der Waals surface area (Å²) in [5, 5.41) is 11.0. The molecule has 4 aromatic rings. The first-order valence-corrected chi connectivity index (χ1v) is 11.3. The molecule has 6 heteroatoms. The number of H-pyrrole nitrogens is 2. The van der Waals surface area contributed by atoms with E-state index < -0.39 is 6.10 Å². The Hall–Kier alpha value is -2.83. The Morgan fingerprint density at radius 2 is 1.63 bits per heavy atom. The molecule has 0 fully saturated rings. The van der Waals surface area contributed by atoms with E-state index >= 15 is 0 Å². The van der Waals surface area contributed by atoms with Gasteiger partial charge in [0.1, 0.15) is 11.9 Å². The predicted molar refractivity (Wildman–Crippen MR) is 122 cm³/mol. The molecule has 154 valence electrons. The van der Waals surface area contributed by atoms with Crippen LogP contribution in [-0.4, -0.2) is 30.8 Å². The highest BCUT2D eigenvalue weighted by Crippen LogP contribution is 2.32. The van der Waals surface area contributed by atoms with E-state index in [0.29, 0.717) is 5.82 Å². The molecule has 2 heterocycles. The molecule has 2 aromatic heterocycles. The fraction of sp³-hybridized carbons (Fsp3) is 0.250. The number of aromatic amines is 2. The van der Waals surface area contributed by atoms with Crippen LogP contribution in [0.15, 0.2) is 78.2 Å².